The summed E-state index contributed by atoms with van der Waals surface area (Å²) in [4.78, 5) is 14.3. The van der Waals surface area contributed by atoms with Crippen LogP contribution in [0.3, 0.4) is 0 Å². The van der Waals surface area contributed by atoms with Crippen molar-refractivity contribution in [3.05, 3.63) is 66.0 Å². The summed E-state index contributed by atoms with van der Waals surface area (Å²) in [6.45, 7) is 2.83. The topological polar surface area (TPSA) is 46.3 Å². The zero-order valence-electron chi connectivity index (χ0n) is 12.7. The minimum absolute atomic E-state index is 0.00610. The maximum atomic E-state index is 13.4. The molecule has 4 heteroatoms. The standard InChI is InChI=1S/C18H21FN2O/c1-2-21(17-9-4-3-5-10-17)18(22)12-15(13-20)14-7-6-8-16(19)11-14/h3-11,15H,2,12-13,20H2,1H3. The van der Waals surface area contributed by atoms with Crippen LogP contribution < -0.4 is 10.6 Å². The van der Waals surface area contributed by atoms with Crippen molar-refractivity contribution in [2.75, 3.05) is 18.0 Å². The van der Waals surface area contributed by atoms with Gasteiger partial charge in [-0.2, -0.15) is 0 Å². The average Bonchev–Trinajstić information content (AvgIpc) is 2.54. The van der Waals surface area contributed by atoms with Gasteiger partial charge in [0.05, 0.1) is 0 Å². The maximum absolute atomic E-state index is 13.4. The van der Waals surface area contributed by atoms with Crippen molar-refractivity contribution >= 4 is 11.6 Å². The number of amides is 1. The van der Waals surface area contributed by atoms with Gasteiger partial charge in [-0.25, -0.2) is 4.39 Å². The Labute approximate surface area is 130 Å². The van der Waals surface area contributed by atoms with Gasteiger partial charge in [0.25, 0.3) is 0 Å². The van der Waals surface area contributed by atoms with Gasteiger partial charge in [0.15, 0.2) is 0 Å². The number of nitrogens with zero attached hydrogens (tertiary/aromatic N) is 1. The zero-order valence-corrected chi connectivity index (χ0v) is 12.7. The molecule has 116 valence electrons. The summed E-state index contributed by atoms with van der Waals surface area (Å²) >= 11 is 0. The number of para-hydroxylation sites is 1. The van der Waals surface area contributed by atoms with E-state index in [4.69, 9.17) is 5.73 Å². The Hall–Kier alpha value is -2.20. The molecule has 2 N–H and O–H groups in total. The Morgan fingerprint density at radius 1 is 1.18 bits per heavy atom. The number of hydrogen-bond donors (Lipinski definition) is 1. The van der Waals surface area contributed by atoms with Crippen LogP contribution in [0, 0.1) is 5.82 Å². The summed E-state index contributed by atoms with van der Waals surface area (Å²) < 4.78 is 13.4. The lowest BCUT2D eigenvalue weighted by Gasteiger charge is -2.24. The van der Waals surface area contributed by atoms with Gasteiger partial charge in [0.1, 0.15) is 5.82 Å². The first kappa shape index (κ1) is 16.2. The predicted molar refractivity (Wildman–Crippen MR) is 87.3 cm³/mol. The molecule has 0 bridgehead atoms. The van der Waals surface area contributed by atoms with Gasteiger partial charge in [0, 0.05) is 24.6 Å². The van der Waals surface area contributed by atoms with E-state index >= 15 is 0 Å². The van der Waals surface area contributed by atoms with Crippen molar-refractivity contribution in [2.45, 2.75) is 19.3 Å². The van der Waals surface area contributed by atoms with Crippen molar-refractivity contribution < 1.29 is 9.18 Å². The number of hydrogen-bond acceptors (Lipinski definition) is 2. The summed E-state index contributed by atoms with van der Waals surface area (Å²) in [6, 6.07) is 15.8. The van der Waals surface area contributed by atoms with E-state index in [2.05, 4.69) is 0 Å². The third-order valence-corrected chi connectivity index (χ3v) is 3.71. The molecular formula is C18H21FN2O. The van der Waals surface area contributed by atoms with Gasteiger partial charge in [0.2, 0.25) is 5.91 Å². The lowest BCUT2D eigenvalue weighted by Crippen LogP contribution is -2.32. The summed E-state index contributed by atoms with van der Waals surface area (Å²) in [5.41, 5.74) is 7.42. The molecule has 2 aromatic rings. The highest BCUT2D eigenvalue weighted by atomic mass is 19.1. The van der Waals surface area contributed by atoms with Gasteiger partial charge in [-0.15, -0.1) is 0 Å². The molecule has 0 spiro atoms. The van der Waals surface area contributed by atoms with Crippen LogP contribution in [0.15, 0.2) is 54.6 Å². The van der Waals surface area contributed by atoms with E-state index in [0.29, 0.717) is 13.1 Å². The molecule has 0 aliphatic heterocycles. The summed E-state index contributed by atoms with van der Waals surface area (Å²) in [6.07, 6.45) is 0.267. The number of benzene rings is 2. The molecule has 0 saturated carbocycles. The number of halogens is 1. The molecule has 1 atom stereocenters. The van der Waals surface area contributed by atoms with Crippen LogP contribution in [0.25, 0.3) is 0 Å². The summed E-state index contributed by atoms with van der Waals surface area (Å²) in [5.74, 6) is -0.492. The number of rotatable bonds is 6. The van der Waals surface area contributed by atoms with Crippen LogP contribution >= 0.6 is 0 Å². The fourth-order valence-electron chi connectivity index (χ4n) is 2.53. The van der Waals surface area contributed by atoms with E-state index in [9.17, 15) is 9.18 Å². The summed E-state index contributed by atoms with van der Waals surface area (Å²) in [5, 5.41) is 0. The highest BCUT2D eigenvalue weighted by Crippen LogP contribution is 2.22. The van der Waals surface area contributed by atoms with Crippen molar-refractivity contribution in [3.63, 3.8) is 0 Å². The highest BCUT2D eigenvalue weighted by molar-refractivity contribution is 5.93. The van der Waals surface area contributed by atoms with E-state index in [-0.39, 0.29) is 24.1 Å². The normalized spacial score (nSPS) is 12.0. The van der Waals surface area contributed by atoms with Gasteiger partial charge in [-0.1, -0.05) is 30.3 Å². The van der Waals surface area contributed by atoms with E-state index in [1.165, 1.54) is 12.1 Å². The average molecular weight is 300 g/mol. The van der Waals surface area contributed by atoms with Crippen LogP contribution in [0.1, 0.15) is 24.8 Å². The van der Waals surface area contributed by atoms with Gasteiger partial charge in [-0.05, 0) is 43.3 Å². The van der Waals surface area contributed by atoms with E-state index in [1.807, 2.05) is 43.3 Å². The molecule has 22 heavy (non-hydrogen) atoms. The smallest absolute Gasteiger partial charge is 0.227 e. The van der Waals surface area contributed by atoms with Gasteiger partial charge < -0.3 is 10.6 Å². The van der Waals surface area contributed by atoms with Gasteiger partial charge in [-0.3, -0.25) is 4.79 Å². The second-order valence-electron chi connectivity index (χ2n) is 5.17. The van der Waals surface area contributed by atoms with Crippen LogP contribution in [0.5, 0.6) is 0 Å². The molecule has 0 radical (unpaired) electrons. The first-order valence-electron chi connectivity index (χ1n) is 7.46. The van der Waals surface area contributed by atoms with E-state index in [1.54, 1.807) is 11.0 Å². The Bertz CT molecular complexity index is 615. The number of anilines is 1. The van der Waals surface area contributed by atoms with E-state index in [0.717, 1.165) is 11.3 Å². The molecule has 0 heterocycles. The molecule has 1 unspecified atom stereocenters. The van der Waals surface area contributed by atoms with Crippen molar-refractivity contribution in [1.82, 2.24) is 0 Å². The fourth-order valence-corrected chi connectivity index (χ4v) is 2.53. The van der Waals surface area contributed by atoms with Crippen LogP contribution in [0.2, 0.25) is 0 Å². The third-order valence-electron chi connectivity index (χ3n) is 3.71. The zero-order chi connectivity index (χ0) is 15.9. The Kier molecular flexibility index (Phi) is 5.67. The van der Waals surface area contributed by atoms with Crippen LogP contribution in [-0.2, 0) is 4.79 Å². The molecule has 0 aliphatic carbocycles. The Balaban J connectivity index is 2.14. The monoisotopic (exact) mass is 300 g/mol. The van der Waals surface area contributed by atoms with Crippen LogP contribution in [0.4, 0.5) is 10.1 Å². The predicted octanol–water partition coefficient (Wildman–Crippen LogP) is 3.31. The fraction of sp³-hybridized carbons (Fsp3) is 0.278. The molecule has 3 nitrogen and oxygen atoms in total. The highest BCUT2D eigenvalue weighted by Gasteiger charge is 2.20. The Morgan fingerprint density at radius 3 is 2.50 bits per heavy atom. The lowest BCUT2D eigenvalue weighted by atomic mass is 9.95. The van der Waals surface area contributed by atoms with Gasteiger partial charge >= 0.3 is 0 Å². The van der Waals surface area contributed by atoms with Crippen LogP contribution in [-0.4, -0.2) is 19.0 Å². The molecular weight excluding hydrogens is 279 g/mol. The number of carbonyl (C=O) groups excluding carboxylic acids is 1. The molecule has 2 aromatic carbocycles. The molecule has 2 rings (SSSR count). The maximum Gasteiger partial charge on any atom is 0.227 e. The van der Waals surface area contributed by atoms with Crippen molar-refractivity contribution in [3.8, 4) is 0 Å². The van der Waals surface area contributed by atoms with Crippen molar-refractivity contribution in [2.24, 2.45) is 5.73 Å². The second kappa shape index (κ2) is 7.71. The lowest BCUT2D eigenvalue weighted by molar-refractivity contribution is -0.118. The van der Waals surface area contributed by atoms with Crippen molar-refractivity contribution in [1.29, 1.82) is 0 Å². The molecule has 0 aromatic heterocycles. The Morgan fingerprint density at radius 2 is 1.91 bits per heavy atom. The first-order chi connectivity index (χ1) is 10.7. The molecule has 0 fully saturated rings. The minimum Gasteiger partial charge on any atom is -0.330 e. The largest absolute Gasteiger partial charge is 0.330 e. The molecule has 0 saturated heterocycles. The van der Waals surface area contributed by atoms with E-state index < -0.39 is 0 Å². The molecule has 0 aliphatic rings. The molecule has 1 amide bonds. The summed E-state index contributed by atoms with van der Waals surface area (Å²) in [7, 11) is 0. The quantitative estimate of drug-likeness (QED) is 0.889. The second-order valence-corrected chi connectivity index (χ2v) is 5.17. The number of carbonyl (C=O) groups is 1. The number of nitrogens with two attached hydrogens (primary N) is 1. The third kappa shape index (κ3) is 3.92. The first-order valence-corrected chi connectivity index (χ1v) is 7.46. The SMILES string of the molecule is CCN(C(=O)CC(CN)c1cccc(F)c1)c1ccccc1. The minimum atomic E-state index is -0.307.